The van der Waals surface area contributed by atoms with E-state index in [1.165, 1.54) is 0 Å². The Kier molecular flexibility index (Phi) is 6.99. The second kappa shape index (κ2) is 9.86. The molecule has 1 saturated heterocycles. The zero-order valence-electron chi connectivity index (χ0n) is 16.9. The first-order valence-corrected chi connectivity index (χ1v) is 10.0. The summed E-state index contributed by atoms with van der Waals surface area (Å²) in [5.74, 6) is 0.718. The topological polar surface area (TPSA) is 99.2 Å². The lowest BCUT2D eigenvalue weighted by Gasteiger charge is -2.32. The van der Waals surface area contributed by atoms with E-state index in [4.69, 9.17) is 0 Å². The smallest absolute Gasteiger partial charge is 0.315 e. The third kappa shape index (κ3) is 5.91. The largest absolute Gasteiger partial charge is 0.341 e. The highest BCUT2D eigenvalue weighted by atomic mass is 16.2. The van der Waals surface area contributed by atoms with E-state index in [0.717, 1.165) is 43.1 Å². The number of benzene rings is 1. The molecule has 1 atom stereocenters. The zero-order chi connectivity index (χ0) is 20.6. The Bertz CT molecular complexity index is 804. The minimum Gasteiger partial charge on any atom is -0.341 e. The minimum atomic E-state index is -0.171. The Hall–Kier alpha value is -3.16. The van der Waals surface area contributed by atoms with Crippen molar-refractivity contribution in [2.24, 2.45) is 0 Å². The average molecular weight is 396 g/mol. The molecule has 1 aliphatic rings. The SMILES string of the molecule is CCC(=O)Nc1ccc(C(C)NC(=O)NC2CCN(c3ncccn3)CC2)cc1. The number of nitrogens with zero attached hydrogens (tertiary/aromatic N) is 3. The lowest BCUT2D eigenvalue weighted by atomic mass is 10.1. The van der Waals surface area contributed by atoms with Crippen molar-refractivity contribution in [3.63, 3.8) is 0 Å². The Labute approximate surface area is 171 Å². The van der Waals surface area contributed by atoms with Crippen molar-refractivity contribution >= 4 is 23.6 Å². The molecule has 0 spiro atoms. The van der Waals surface area contributed by atoms with Crippen molar-refractivity contribution in [3.8, 4) is 0 Å². The van der Waals surface area contributed by atoms with Gasteiger partial charge in [0.2, 0.25) is 11.9 Å². The monoisotopic (exact) mass is 396 g/mol. The van der Waals surface area contributed by atoms with E-state index >= 15 is 0 Å². The van der Waals surface area contributed by atoms with Gasteiger partial charge < -0.3 is 20.9 Å². The molecule has 1 aromatic heterocycles. The summed E-state index contributed by atoms with van der Waals surface area (Å²) < 4.78 is 0. The quantitative estimate of drug-likeness (QED) is 0.697. The number of anilines is 2. The first kappa shape index (κ1) is 20.6. The second-order valence-corrected chi connectivity index (χ2v) is 7.17. The van der Waals surface area contributed by atoms with E-state index in [2.05, 4.69) is 30.8 Å². The minimum absolute atomic E-state index is 0.0202. The fourth-order valence-electron chi connectivity index (χ4n) is 3.29. The lowest BCUT2D eigenvalue weighted by molar-refractivity contribution is -0.115. The first-order chi connectivity index (χ1) is 14.0. The normalized spacial score (nSPS) is 15.4. The van der Waals surface area contributed by atoms with Crippen LogP contribution in [0.5, 0.6) is 0 Å². The van der Waals surface area contributed by atoms with Crippen LogP contribution >= 0.6 is 0 Å². The van der Waals surface area contributed by atoms with Crippen LogP contribution in [-0.2, 0) is 4.79 Å². The van der Waals surface area contributed by atoms with Crippen molar-refractivity contribution in [1.29, 1.82) is 0 Å². The lowest BCUT2D eigenvalue weighted by Crippen LogP contribution is -2.48. The van der Waals surface area contributed by atoms with E-state index in [9.17, 15) is 9.59 Å². The van der Waals surface area contributed by atoms with Crippen LogP contribution in [0.2, 0.25) is 0 Å². The molecule has 3 amide bonds. The molecule has 0 bridgehead atoms. The number of piperidine rings is 1. The van der Waals surface area contributed by atoms with E-state index in [0.29, 0.717) is 6.42 Å². The third-order valence-electron chi connectivity index (χ3n) is 5.03. The third-order valence-corrected chi connectivity index (χ3v) is 5.03. The Morgan fingerprint density at radius 1 is 1.14 bits per heavy atom. The molecule has 154 valence electrons. The summed E-state index contributed by atoms with van der Waals surface area (Å²) >= 11 is 0. The second-order valence-electron chi connectivity index (χ2n) is 7.17. The molecule has 2 aromatic rings. The number of amides is 3. The van der Waals surface area contributed by atoms with Gasteiger partial charge in [0, 0.05) is 43.6 Å². The molecule has 3 N–H and O–H groups in total. The number of hydrogen-bond acceptors (Lipinski definition) is 5. The van der Waals surface area contributed by atoms with Crippen molar-refractivity contribution in [1.82, 2.24) is 20.6 Å². The molecular formula is C21H28N6O2. The van der Waals surface area contributed by atoms with Gasteiger partial charge in [-0.3, -0.25) is 4.79 Å². The number of rotatable bonds is 6. The van der Waals surface area contributed by atoms with Gasteiger partial charge in [-0.25, -0.2) is 14.8 Å². The van der Waals surface area contributed by atoms with Crippen LogP contribution in [0.25, 0.3) is 0 Å². The number of carbonyl (C=O) groups excluding carboxylic acids is 2. The maximum Gasteiger partial charge on any atom is 0.315 e. The summed E-state index contributed by atoms with van der Waals surface area (Å²) in [4.78, 5) is 34.5. The molecule has 1 unspecified atom stereocenters. The van der Waals surface area contributed by atoms with Gasteiger partial charge in [0.25, 0.3) is 0 Å². The van der Waals surface area contributed by atoms with Gasteiger partial charge in [-0.1, -0.05) is 19.1 Å². The van der Waals surface area contributed by atoms with Crippen molar-refractivity contribution in [3.05, 3.63) is 48.3 Å². The maximum absolute atomic E-state index is 12.4. The molecule has 0 aliphatic carbocycles. The molecule has 8 nitrogen and oxygen atoms in total. The molecule has 1 fully saturated rings. The Morgan fingerprint density at radius 2 is 1.79 bits per heavy atom. The maximum atomic E-state index is 12.4. The van der Waals surface area contributed by atoms with Crippen LogP contribution in [0.4, 0.5) is 16.4 Å². The van der Waals surface area contributed by atoms with Crippen LogP contribution in [0.1, 0.15) is 44.7 Å². The highest BCUT2D eigenvalue weighted by Gasteiger charge is 2.22. The summed E-state index contributed by atoms with van der Waals surface area (Å²) in [5, 5.41) is 8.86. The predicted molar refractivity (Wildman–Crippen MR) is 113 cm³/mol. The van der Waals surface area contributed by atoms with Crippen LogP contribution < -0.4 is 20.9 Å². The zero-order valence-corrected chi connectivity index (χ0v) is 16.9. The average Bonchev–Trinajstić information content (AvgIpc) is 2.75. The van der Waals surface area contributed by atoms with Gasteiger partial charge in [0.1, 0.15) is 0 Å². The number of carbonyl (C=O) groups is 2. The summed E-state index contributed by atoms with van der Waals surface area (Å²) in [7, 11) is 0. The van der Waals surface area contributed by atoms with Gasteiger partial charge in [0.15, 0.2) is 0 Å². The molecule has 1 aromatic carbocycles. The molecule has 8 heteroatoms. The van der Waals surface area contributed by atoms with Crippen LogP contribution in [0, 0.1) is 0 Å². The van der Waals surface area contributed by atoms with Gasteiger partial charge in [-0.15, -0.1) is 0 Å². The van der Waals surface area contributed by atoms with Gasteiger partial charge in [-0.05, 0) is 43.5 Å². The molecular weight excluding hydrogens is 368 g/mol. The summed E-state index contributed by atoms with van der Waals surface area (Å²) in [6.07, 6.45) is 5.63. The Balaban J connectivity index is 1.44. The highest BCUT2D eigenvalue weighted by molar-refractivity contribution is 5.90. The first-order valence-electron chi connectivity index (χ1n) is 10.0. The van der Waals surface area contributed by atoms with Gasteiger partial charge >= 0.3 is 6.03 Å². The number of hydrogen-bond donors (Lipinski definition) is 3. The predicted octanol–water partition coefficient (Wildman–Crippen LogP) is 2.85. The number of aromatic nitrogens is 2. The number of nitrogens with one attached hydrogen (secondary N) is 3. The van der Waals surface area contributed by atoms with E-state index < -0.39 is 0 Å². The number of urea groups is 1. The fraction of sp³-hybridized carbons (Fsp3) is 0.429. The van der Waals surface area contributed by atoms with Crippen molar-refractivity contribution in [2.45, 2.75) is 45.2 Å². The van der Waals surface area contributed by atoms with Crippen LogP contribution in [0.3, 0.4) is 0 Å². The van der Waals surface area contributed by atoms with Crippen molar-refractivity contribution in [2.75, 3.05) is 23.3 Å². The van der Waals surface area contributed by atoms with Gasteiger partial charge in [0.05, 0.1) is 6.04 Å². The molecule has 0 saturated carbocycles. The molecule has 0 radical (unpaired) electrons. The van der Waals surface area contributed by atoms with E-state index in [1.807, 2.05) is 38.1 Å². The summed E-state index contributed by atoms with van der Waals surface area (Å²) in [6, 6.07) is 9.15. The van der Waals surface area contributed by atoms with E-state index in [1.54, 1.807) is 18.5 Å². The summed E-state index contributed by atoms with van der Waals surface area (Å²) in [5.41, 5.74) is 1.73. The molecule has 29 heavy (non-hydrogen) atoms. The van der Waals surface area contributed by atoms with Crippen LogP contribution in [0.15, 0.2) is 42.7 Å². The Morgan fingerprint density at radius 3 is 2.41 bits per heavy atom. The standard InChI is InChI=1S/C21H28N6O2/c1-3-19(28)25-17-7-5-16(6-8-17)15(2)24-21(29)26-18-9-13-27(14-10-18)20-22-11-4-12-23-20/h4-8,11-12,15,18H,3,9-10,13-14H2,1-2H3,(H,25,28)(H2,24,26,29). The van der Waals surface area contributed by atoms with Crippen molar-refractivity contribution < 1.29 is 9.59 Å². The van der Waals surface area contributed by atoms with E-state index in [-0.39, 0.29) is 24.0 Å². The molecule has 3 rings (SSSR count). The van der Waals surface area contributed by atoms with Crippen LogP contribution in [-0.4, -0.2) is 41.0 Å². The molecule has 2 heterocycles. The molecule has 1 aliphatic heterocycles. The summed E-state index contributed by atoms with van der Waals surface area (Å²) in [6.45, 7) is 5.38. The fourth-order valence-corrected chi connectivity index (χ4v) is 3.29. The highest BCUT2D eigenvalue weighted by Crippen LogP contribution is 2.17. The van der Waals surface area contributed by atoms with Gasteiger partial charge in [-0.2, -0.15) is 0 Å².